The minimum Gasteiger partial charge on any atom is -0.456 e. The number of hydrogen-bond donors (Lipinski definition) is 0. The molecule has 0 spiro atoms. The predicted octanol–water partition coefficient (Wildman–Crippen LogP) is 10.7. The zero-order valence-corrected chi connectivity index (χ0v) is 21.7. The summed E-state index contributed by atoms with van der Waals surface area (Å²) in [5, 5.41) is 7.45. The van der Waals surface area contributed by atoms with E-state index >= 15 is 0 Å². The highest BCUT2D eigenvalue weighted by molar-refractivity contribution is 7.25. The highest BCUT2D eigenvalue weighted by Crippen LogP contribution is 2.41. The van der Waals surface area contributed by atoms with Crippen molar-refractivity contribution in [1.29, 1.82) is 0 Å². The highest BCUT2D eigenvalue weighted by Gasteiger charge is 2.18. The molecule has 0 aliphatic carbocycles. The van der Waals surface area contributed by atoms with Crippen LogP contribution in [0.4, 0.5) is 0 Å². The van der Waals surface area contributed by atoms with E-state index in [0.717, 1.165) is 27.6 Å². The van der Waals surface area contributed by atoms with E-state index in [1.165, 1.54) is 53.1 Å². The molecule has 0 aliphatic rings. The summed E-state index contributed by atoms with van der Waals surface area (Å²) in [7, 11) is 0. The van der Waals surface area contributed by atoms with E-state index in [2.05, 4.69) is 120 Å². The average molecular weight is 516 g/mol. The number of benzene rings is 6. The maximum Gasteiger partial charge on any atom is 0.137 e. The fraction of sp³-hybridized carbons (Fsp3) is 0. The molecule has 39 heavy (non-hydrogen) atoms. The maximum absolute atomic E-state index is 6.24. The maximum atomic E-state index is 6.24. The van der Waals surface area contributed by atoms with Gasteiger partial charge in [-0.3, -0.25) is 0 Å². The van der Waals surface area contributed by atoms with E-state index in [1.807, 2.05) is 23.5 Å². The molecule has 0 N–H and O–H groups in total. The van der Waals surface area contributed by atoms with Crippen LogP contribution in [0.15, 0.2) is 132 Å². The van der Waals surface area contributed by atoms with Crippen molar-refractivity contribution in [3.8, 4) is 16.8 Å². The summed E-state index contributed by atoms with van der Waals surface area (Å²) < 4.78 is 11.3. The van der Waals surface area contributed by atoms with Gasteiger partial charge < -0.3 is 8.98 Å². The number of para-hydroxylation sites is 2. The molecule has 0 radical (unpaired) electrons. The van der Waals surface area contributed by atoms with Crippen molar-refractivity contribution in [2.75, 3.05) is 0 Å². The predicted molar refractivity (Wildman–Crippen MR) is 166 cm³/mol. The molecule has 3 heterocycles. The first-order valence-electron chi connectivity index (χ1n) is 13.2. The van der Waals surface area contributed by atoms with Gasteiger partial charge in [0.15, 0.2) is 0 Å². The Bertz CT molecular complexity index is 2400. The summed E-state index contributed by atoms with van der Waals surface area (Å²) in [5.41, 5.74) is 7.83. The van der Waals surface area contributed by atoms with Crippen LogP contribution < -0.4 is 0 Å². The first kappa shape index (κ1) is 21.1. The Hall–Kier alpha value is -4.86. The fourth-order valence-corrected chi connectivity index (χ4v) is 7.35. The van der Waals surface area contributed by atoms with Crippen molar-refractivity contribution in [3.63, 3.8) is 0 Å². The summed E-state index contributed by atoms with van der Waals surface area (Å²) >= 11 is 1.86. The van der Waals surface area contributed by atoms with Crippen LogP contribution in [0.5, 0.6) is 0 Å². The monoisotopic (exact) mass is 515 g/mol. The molecule has 2 nitrogen and oxygen atoms in total. The van der Waals surface area contributed by atoms with E-state index in [4.69, 9.17) is 4.42 Å². The van der Waals surface area contributed by atoms with Gasteiger partial charge in [-0.2, -0.15) is 0 Å². The van der Waals surface area contributed by atoms with Gasteiger partial charge in [-0.25, -0.2) is 0 Å². The van der Waals surface area contributed by atoms with Gasteiger partial charge in [-0.05, 0) is 65.7 Å². The van der Waals surface area contributed by atoms with Crippen LogP contribution in [0, 0.1) is 0 Å². The van der Waals surface area contributed by atoms with Gasteiger partial charge in [0.2, 0.25) is 0 Å². The number of fused-ring (bicyclic) bond motifs is 9. The molecule has 0 unspecified atom stereocenters. The summed E-state index contributed by atoms with van der Waals surface area (Å²) in [5.74, 6) is 0. The Kier molecular flexibility index (Phi) is 4.24. The van der Waals surface area contributed by atoms with Crippen molar-refractivity contribution < 1.29 is 4.42 Å². The van der Waals surface area contributed by atoms with Crippen molar-refractivity contribution >= 4 is 75.3 Å². The van der Waals surface area contributed by atoms with Gasteiger partial charge in [-0.15, -0.1) is 11.3 Å². The average Bonchev–Trinajstić information content (AvgIpc) is 3.66. The van der Waals surface area contributed by atoms with Crippen LogP contribution in [-0.4, -0.2) is 4.57 Å². The van der Waals surface area contributed by atoms with Crippen LogP contribution in [0.3, 0.4) is 0 Å². The summed E-state index contributed by atoms with van der Waals surface area (Å²) in [4.78, 5) is 0. The highest BCUT2D eigenvalue weighted by atomic mass is 32.1. The minimum absolute atomic E-state index is 0.910. The zero-order valence-electron chi connectivity index (χ0n) is 20.9. The van der Waals surface area contributed by atoms with E-state index in [0.29, 0.717) is 0 Å². The lowest BCUT2D eigenvalue weighted by atomic mass is 10.0. The van der Waals surface area contributed by atoms with E-state index < -0.39 is 0 Å². The first-order valence-corrected chi connectivity index (χ1v) is 14.0. The molecule has 3 heteroatoms. The van der Waals surface area contributed by atoms with E-state index in [-0.39, 0.29) is 0 Å². The van der Waals surface area contributed by atoms with Crippen LogP contribution >= 0.6 is 11.3 Å². The zero-order chi connectivity index (χ0) is 25.5. The normalized spacial score (nSPS) is 12.1. The largest absolute Gasteiger partial charge is 0.456 e. The number of rotatable bonds is 2. The lowest BCUT2D eigenvalue weighted by molar-refractivity contribution is 0.669. The molecule has 0 fully saturated rings. The quantitative estimate of drug-likeness (QED) is 0.224. The lowest BCUT2D eigenvalue weighted by Gasteiger charge is -2.10. The molecule has 3 aromatic heterocycles. The van der Waals surface area contributed by atoms with Gasteiger partial charge in [0, 0.05) is 36.3 Å². The molecular formula is C36H21NOS. The second-order valence-electron chi connectivity index (χ2n) is 10.1. The Labute approximate surface area is 227 Å². The van der Waals surface area contributed by atoms with Gasteiger partial charge in [0.05, 0.1) is 22.1 Å². The van der Waals surface area contributed by atoms with Crippen molar-refractivity contribution in [1.82, 2.24) is 4.57 Å². The molecule has 9 rings (SSSR count). The molecule has 0 saturated carbocycles. The lowest BCUT2D eigenvalue weighted by Crippen LogP contribution is -1.94. The smallest absolute Gasteiger partial charge is 0.137 e. The molecule has 0 bridgehead atoms. The second kappa shape index (κ2) is 7.83. The number of furan rings is 1. The third kappa shape index (κ3) is 2.96. The van der Waals surface area contributed by atoms with Crippen molar-refractivity contribution in [3.05, 3.63) is 127 Å². The number of thiophene rings is 1. The Balaban J connectivity index is 1.32. The summed E-state index contributed by atoms with van der Waals surface area (Å²) in [6.45, 7) is 0. The minimum atomic E-state index is 0.910. The van der Waals surface area contributed by atoms with Gasteiger partial charge in [0.25, 0.3) is 0 Å². The molecule has 0 aliphatic heterocycles. The Morgan fingerprint density at radius 1 is 0.462 bits per heavy atom. The Morgan fingerprint density at radius 2 is 1.13 bits per heavy atom. The molecule has 0 amide bonds. The number of aromatic nitrogens is 1. The summed E-state index contributed by atoms with van der Waals surface area (Å²) in [6, 6.07) is 45.9. The molecule has 9 aromatic rings. The number of hydrogen-bond acceptors (Lipinski definition) is 2. The second-order valence-corrected chi connectivity index (χ2v) is 11.2. The standard InChI is InChI=1S/C36H21NOS/c1-4-11-29-24(8-1)27-20-22(23-17-19-35-28(21-23)25-9-3-6-15-34(25)39-35)16-18-30(27)37(29)31-12-7-14-33-36(31)26-10-2-5-13-32(26)38-33/h1-21H. The van der Waals surface area contributed by atoms with E-state index in [1.54, 1.807) is 0 Å². The van der Waals surface area contributed by atoms with Gasteiger partial charge in [-0.1, -0.05) is 72.8 Å². The molecule has 0 atom stereocenters. The van der Waals surface area contributed by atoms with Gasteiger partial charge >= 0.3 is 0 Å². The van der Waals surface area contributed by atoms with Crippen molar-refractivity contribution in [2.24, 2.45) is 0 Å². The summed E-state index contributed by atoms with van der Waals surface area (Å²) in [6.07, 6.45) is 0. The van der Waals surface area contributed by atoms with Crippen LogP contribution in [-0.2, 0) is 0 Å². The topological polar surface area (TPSA) is 18.1 Å². The van der Waals surface area contributed by atoms with Gasteiger partial charge in [0.1, 0.15) is 11.2 Å². The first-order chi connectivity index (χ1) is 19.3. The van der Waals surface area contributed by atoms with Crippen LogP contribution in [0.1, 0.15) is 0 Å². The molecule has 0 saturated heterocycles. The molecule has 6 aromatic carbocycles. The van der Waals surface area contributed by atoms with E-state index in [9.17, 15) is 0 Å². The van der Waals surface area contributed by atoms with Crippen LogP contribution in [0.2, 0.25) is 0 Å². The van der Waals surface area contributed by atoms with Crippen LogP contribution in [0.25, 0.3) is 80.7 Å². The third-order valence-corrected chi connectivity index (χ3v) is 9.16. The third-order valence-electron chi connectivity index (χ3n) is 8.00. The number of nitrogens with zero attached hydrogens (tertiary/aromatic N) is 1. The molecular weight excluding hydrogens is 494 g/mol. The Morgan fingerprint density at radius 3 is 2.05 bits per heavy atom. The van der Waals surface area contributed by atoms with Crippen molar-refractivity contribution in [2.45, 2.75) is 0 Å². The fourth-order valence-electron chi connectivity index (χ4n) is 6.26. The molecule has 182 valence electrons. The SMILES string of the molecule is c1ccc2c(c1)oc1cccc(-n3c4ccccc4c4cc(-c5ccc6sc7ccccc7c6c5)ccc43)c12.